The maximum atomic E-state index is 13.6. The van der Waals surface area contributed by atoms with Crippen LogP contribution in [0.1, 0.15) is 19.3 Å². The van der Waals surface area contributed by atoms with Gasteiger partial charge >= 0.3 is 6.61 Å². The molecule has 2 rings (SSSR count). The third-order valence-electron chi connectivity index (χ3n) is 3.70. The van der Waals surface area contributed by atoms with Crippen molar-refractivity contribution in [3.8, 4) is 5.75 Å². The van der Waals surface area contributed by atoms with Crippen LogP contribution in [0.25, 0.3) is 0 Å². The van der Waals surface area contributed by atoms with Gasteiger partial charge in [-0.25, -0.2) is 17.5 Å². The number of sulfonamides is 1. The van der Waals surface area contributed by atoms with Gasteiger partial charge in [0.15, 0.2) is 11.6 Å². The highest BCUT2D eigenvalue weighted by atomic mass is 32.2. The molecular formula is C13H17F3N2O3S. The van der Waals surface area contributed by atoms with E-state index in [1.807, 2.05) is 0 Å². The number of rotatable bonds is 6. The van der Waals surface area contributed by atoms with Crippen molar-refractivity contribution >= 4 is 10.0 Å². The molecule has 1 fully saturated rings. The third-order valence-corrected chi connectivity index (χ3v) is 5.19. The number of nitrogens with one attached hydrogen (secondary N) is 1. The van der Waals surface area contributed by atoms with Gasteiger partial charge in [0.2, 0.25) is 10.0 Å². The summed E-state index contributed by atoms with van der Waals surface area (Å²) in [6.07, 6.45) is 2.36. The molecule has 0 aliphatic heterocycles. The first-order valence-corrected chi connectivity index (χ1v) is 8.28. The van der Waals surface area contributed by atoms with Gasteiger partial charge in [-0.2, -0.15) is 8.78 Å². The van der Waals surface area contributed by atoms with E-state index in [2.05, 4.69) is 9.46 Å². The standard InChI is InChI=1S/C13H17F3N2O3S/c14-10-6-9(4-5-12(10)21-13(15)16)22(19,20)18-11-3-1-2-8(11)7-17/h4-6,8,11,13,18H,1-3,7,17H2. The zero-order valence-electron chi connectivity index (χ0n) is 11.6. The quantitative estimate of drug-likeness (QED) is 0.829. The molecule has 0 amide bonds. The molecule has 0 heterocycles. The Morgan fingerprint density at radius 3 is 2.68 bits per heavy atom. The van der Waals surface area contributed by atoms with E-state index < -0.39 is 28.2 Å². The fourth-order valence-corrected chi connectivity index (χ4v) is 3.93. The van der Waals surface area contributed by atoms with Crippen LogP contribution in [0.5, 0.6) is 5.75 Å². The summed E-state index contributed by atoms with van der Waals surface area (Å²) in [6.45, 7) is -2.82. The van der Waals surface area contributed by atoms with Gasteiger partial charge in [-0.15, -0.1) is 0 Å². The van der Waals surface area contributed by atoms with E-state index >= 15 is 0 Å². The first-order chi connectivity index (χ1) is 10.3. The van der Waals surface area contributed by atoms with Gasteiger partial charge in [-0.05, 0) is 43.5 Å². The minimum absolute atomic E-state index is 0.0427. The van der Waals surface area contributed by atoms with E-state index in [1.165, 1.54) is 0 Å². The number of halogens is 3. The molecule has 1 aromatic carbocycles. The second kappa shape index (κ2) is 6.84. The fourth-order valence-electron chi connectivity index (χ4n) is 2.58. The Morgan fingerprint density at radius 2 is 2.09 bits per heavy atom. The van der Waals surface area contributed by atoms with Crippen LogP contribution in [-0.2, 0) is 10.0 Å². The van der Waals surface area contributed by atoms with Crippen LogP contribution in [0.15, 0.2) is 23.1 Å². The normalized spacial score (nSPS) is 22.2. The number of ether oxygens (including phenoxy) is 1. The van der Waals surface area contributed by atoms with Crippen LogP contribution in [0.2, 0.25) is 0 Å². The molecule has 3 N–H and O–H groups in total. The number of hydrogen-bond acceptors (Lipinski definition) is 4. The molecule has 1 aromatic rings. The van der Waals surface area contributed by atoms with E-state index in [9.17, 15) is 21.6 Å². The maximum absolute atomic E-state index is 13.6. The fraction of sp³-hybridized carbons (Fsp3) is 0.538. The van der Waals surface area contributed by atoms with Gasteiger partial charge in [0.05, 0.1) is 4.90 Å². The number of hydrogen-bond donors (Lipinski definition) is 2. The lowest BCUT2D eigenvalue weighted by Gasteiger charge is -2.19. The highest BCUT2D eigenvalue weighted by Crippen LogP contribution is 2.27. The van der Waals surface area contributed by atoms with E-state index in [0.29, 0.717) is 19.0 Å². The first-order valence-electron chi connectivity index (χ1n) is 6.80. The summed E-state index contributed by atoms with van der Waals surface area (Å²) in [4.78, 5) is -0.339. The van der Waals surface area contributed by atoms with Gasteiger partial charge in [0.25, 0.3) is 0 Å². The van der Waals surface area contributed by atoms with E-state index in [-0.39, 0.29) is 16.9 Å². The average molecular weight is 338 g/mol. The van der Waals surface area contributed by atoms with Gasteiger partial charge in [-0.1, -0.05) is 6.42 Å². The van der Waals surface area contributed by atoms with Gasteiger partial charge in [0.1, 0.15) is 0 Å². The topological polar surface area (TPSA) is 81.4 Å². The van der Waals surface area contributed by atoms with Crippen molar-refractivity contribution in [1.82, 2.24) is 4.72 Å². The van der Waals surface area contributed by atoms with Gasteiger partial charge < -0.3 is 10.5 Å². The molecular weight excluding hydrogens is 321 g/mol. The van der Waals surface area contributed by atoms with Crippen molar-refractivity contribution in [2.75, 3.05) is 6.54 Å². The molecule has 22 heavy (non-hydrogen) atoms. The van der Waals surface area contributed by atoms with Crippen LogP contribution >= 0.6 is 0 Å². The molecule has 2 atom stereocenters. The molecule has 0 saturated heterocycles. The molecule has 1 aliphatic carbocycles. The second-order valence-electron chi connectivity index (χ2n) is 5.13. The molecule has 0 aromatic heterocycles. The lowest BCUT2D eigenvalue weighted by Crippen LogP contribution is -2.39. The summed E-state index contributed by atoms with van der Waals surface area (Å²) in [5.74, 6) is -1.82. The number of alkyl halides is 2. The Bertz CT molecular complexity index is 625. The Morgan fingerprint density at radius 1 is 1.36 bits per heavy atom. The first kappa shape index (κ1) is 17.0. The van der Waals surface area contributed by atoms with Crippen molar-refractivity contribution in [3.63, 3.8) is 0 Å². The van der Waals surface area contributed by atoms with Crippen LogP contribution in [0.3, 0.4) is 0 Å². The van der Waals surface area contributed by atoms with E-state index in [4.69, 9.17) is 5.73 Å². The molecule has 0 bridgehead atoms. The van der Waals surface area contributed by atoms with Crippen molar-refractivity contribution < 1.29 is 26.3 Å². The van der Waals surface area contributed by atoms with Crippen molar-refractivity contribution in [1.29, 1.82) is 0 Å². The monoisotopic (exact) mass is 338 g/mol. The van der Waals surface area contributed by atoms with E-state index in [1.54, 1.807) is 0 Å². The Balaban J connectivity index is 2.17. The number of nitrogens with two attached hydrogens (primary N) is 1. The minimum Gasteiger partial charge on any atom is -0.432 e. The zero-order valence-corrected chi connectivity index (χ0v) is 12.5. The van der Waals surface area contributed by atoms with Crippen LogP contribution in [-0.4, -0.2) is 27.6 Å². The van der Waals surface area contributed by atoms with Crippen molar-refractivity contribution in [2.45, 2.75) is 36.8 Å². The molecule has 9 heteroatoms. The maximum Gasteiger partial charge on any atom is 0.387 e. The van der Waals surface area contributed by atoms with Crippen LogP contribution < -0.4 is 15.2 Å². The summed E-state index contributed by atoms with van der Waals surface area (Å²) in [6, 6.07) is 2.25. The summed E-state index contributed by atoms with van der Waals surface area (Å²) in [7, 11) is -3.94. The molecule has 0 spiro atoms. The van der Waals surface area contributed by atoms with Crippen LogP contribution in [0.4, 0.5) is 13.2 Å². The highest BCUT2D eigenvalue weighted by Gasteiger charge is 2.30. The lowest BCUT2D eigenvalue weighted by molar-refractivity contribution is -0.0522. The Kier molecular flexibility index (Phi) is 5.30. The molecule has 2 unspecified atom stereocenters. The average Bonchev–Trinajstić information content (AvgIpc) is 2.87. The molecule has 124 valence electrons. The predicted octanol–water partition coefficient (Wildman–Crippen LogP) is 1.83. The minimum atomic E-state index is -3.94. The predicted molar refractivity (Wildman–Crippen MR) is 73.5 cm³/mol. The Labute approximate surface area is 126 Å². The summed E-state index contributed by atoms with van der Waals surface area (Å²) in [5, 5.41) is 0. The summed E-state index contributed by atoms with van der Waals surface area (Å²) in [5.41, 5.74) is 5.59. The SMILES string of the molecule is NCC1CCCC1NS(=O)(=O)c1ccc(OC(F)F)c(F)c1. The molecule has 1 saturated carbocycles. The number of benzene rings is 1. The summed E-state index contributed by atoms with van der Waals surface area (Å²) >= 11 is 0. The molecule has 5 nitrogen and oxygen atoms in total. The van der Waals surface area contributed by atoms with Gasteiger partial charge in [-0.3, -0.25) is 0 Å². The van der Waals surface area contributed by atoms with Crippen molar-refractivity contribution in [2.24, 2.45) is 11.7 Å². The highest BCUT2D eigenvalue weighted by molar-refractivity contribution is 7.89. The third kappa shape index (κ3) is 3.90. The second-order valence-corrected chi connectivity index (χ2v) is 6.84. The summed E-state index contributed by atoms with van der Waals surface area (Å²) < 4.78 is 68.6. The largest absolute Gasteiger partial charge is 0.432 e. The Hall–Kier alpha value is -1.32. The van der Waals surface area contributed by atoms with E-state index in [0.717, 1.165) is 25.0 Å². The lowest BCUT2D eigenvalue weighted by atomic mass is 10.1. The van der Waals surface area contributed by atoms with Crippen molar-refractivity contribution in [3.05, 3.63) is 24.0 Å². The van der Waals surface area contributed by atoms with Gasteiger partial charge in [0, 0.05) is 6.04 Å². The molecule has 0 radical (unpaired) electrons. The smallest absolute Gasteiger partial charge is 0.387 e. The zero-order chi connectivity index (χ0) is 16.3. The van der Waals surface area contributed by atoms with Crippen LogP contribution in [0, 0.1) is 11.7 Å². The molecule has 1 aliphatic rings.